The largest absolute Gasteiger partial charge is 0.369 e. The number of fused-ring (bicyclic) bond motifs is 2. The standard InChI is InChI=1S/C22H19Br2N5O2/c23-13-10-14(24)17(16-15(13)18(30)11-6-2-3-7-12(11)19(16)31)29-21(26)27-20(25)28-22(29)8-4-1-5-9-22/h2-3,6-7,10H,1,4-5,8-9H2,(H4,25,26,27,28). The summed E-state index contributed by atoms with van der Waals surface area (Å²) in [5.74, 6) is -0.147. The Morgan fingerprint density at radius 2 is 1.52 bits per heavy atom. The molecule has 7 nitrogen and oxygen atoms in total. The molecule has 31 heavy (non-hydrogen) atoms. The number of rotatable bonds is 1. The van der Waals surface area contributed by atoms with E-state index in [1.54, 1.807) is 35.2 Å². The van der Waals surface area contributed by atoms with E-state index >= 15 is 0 Å². The van der Waals surface area contributed by atoms with Gasteiger partial charge in [0.2, 0.25) is 11.9 Å². The summed E-state index contributed by atoms with van der Waals surface area (Å²) in [4.78, 5) is 37.8. The van der Waals surface area contributed by atoms with Crippen molar-refractivity contribution in [3.05, 3.63) is 61.5 Å². The van der Waals surface area contributed by atoms with Gasteiger partial charge in [-0.2, -0.15) is 4.99 Å². The number of nitrogens with zero attached hydrogens (tertiary/aromatic N) is 3. The summed E-state index contributed by atoms with van der Waals surface area (Å²) < 4.78 is 1.16. The van der Waals surface area contributed by atoms with Crippen LogP contribution in [0.15, 0.2) is 49.3 Å². The molecule has 1 aliphatic heterocycles. The van der Waals surface area contributed by atoms with Crippen LogP contribution >= 0.6 is 31.9 Å². The molecule has 158 valence electrons. The van der Waals surface area contributed by atoms with Gasteiger partial charge in [0.25, 0.3) is 0 Å². The van der Waals surface area contributed by atoms with E-state index < -0.39 is 5.66 Å². The number of halogens is 2. The maximum absolute atomic E-state index is 13.7. The molecule has 4 N–H and O–H groups in total. The van der Waals surface area contributed by atoms with Crippen molar-refractivity contribution >= 4 is 61.0 Å². The molecule has 2 aromatic rings. The lowest BCUT2D eigenvalue weighted by molar-refractivity contribution is 0.0978. The first kappa shape index (κ1) is 20.4. The fourth-order valence-corrected chi connectivity index (χ4v) is 6.38. The topological polar surface area (TPSA) is 114 Å². The highest BCUT2D eigenvalue weighted by molar-refractivity contribution is 9.11. The van der Waals surface area contributed by atoms with E-state index in [4.69, 9.17) is 16.5 Å². The number of anilines is 1. The van der Waals surface area contributed by atoms with Gasteiger partial charge in [-0.15, -0.1) is 0 Å². The fourth-order valence-electron chi connectivity index (χ4n) is 4.86. The van der Waals surface area contributed by atoms with Crippen molar-refractivity contribution in [3.63, 3.8) is 0 Å². The summed E-state index contributed by atoms with van der Waals surface area (Å²) >= 11 is 7.11. The van der Waals surface area contributed by atoms with Crippen LogP contribution in [0.25, 0.3) is 0 Å². The molecule has 0 saturated heterocycles. The molecule has 0 bridgehead atoms. The molecule has 1 heterocycles. The van der Waals surface area contributed by atoms with E-state index in [9.17, 15) is 9.59 Å². The Morgan fingerprint density at radius 1 is 0.903 bits per heavy atom. The summed E-state index contributed by atoms with van der Waals surface area (Å²) in [7, 11) is 0. The van der Waals surface area contributed by atoms with Gasteiger partial charge in [-0.05, 0) is 63.6 Å². The Bertz CT molecular complexity index is 1210. The highest BCUT2D eigenvalue weighted by atomic mass is 79.9. The van der Waals surface area contributed by atoms with Gasteiger partial charge in [0.05, 0.1) is 16.8 Å². The Hall–Kier alpha value is -2.52. The summed E-state index contributed by atoms with van der Waals surface area (Å²) in [5, 5.41) is 0. The average molecular weight is 545 g/mol. The van der Waals surface area contributed by atoms with Crippen molar-refractivity contribution in [3.8, 4) is 0 Å². The minimum Gasteiger partial charge on any atom is -0.369 e. The van der Waals surface area contributed by atoms with Crippen LogP contribution in [0.4, 0.5) is 5.69 Å². The number of ketones is 2. The Balaban J connectivity index is 1.81. The fraction of sp³-hybridized carbons (Fsp3) is 0.273. The molecule has 0 amide bonds. The smallest absolute Gasteiger partial charge is 0.220 e. The highest BCUT2D eigenvalue weighted by Gasteiger charge is 2.46. The third kappa shape index (κ3) is 2.97. The molecule has 0 aromatic heterocycles. The number of carbonyl (C=O) groups is 2. The zero-order chi connectivity index (χ0) is 21.9. The lowest BCUT2D eigenvalue weighted by Crippen LogP contribution is -2.59. The van der Waals surface area contributed by atoms with Crippen molar-refractivity contribution in [1.82, 2.24) is 0 Å². The second-order valence-electron chi connectivity index (χ2n) is 7.96. The normalized spacial score (nSPS) is 19.6. The molecule has 1 fully saturated rings. The van der Waals surface area contributed by atoms with Gasteiger partial charge in [-0.25, -0.2) is 4.99 Å². The minimum absolute atomic E-state index is 0.130. The van der Waals surface area contributed by atoms with Gasteiger partial charge in [-0.1, -0.05) is 30.7 Å². The Labute approximate surface area is 195 Å². The molecule has 5 rings (SSSR count). The van der Waals surface area contributed by atoms with Gasteiger partial charge >= 0.3 is 0 Å². The molecule has 0 atom stereocenters. The van der Waals surface area contributed by atoms with Crippen molar-refractivity contribution in [2.75, 3.05) is 4.90 Å². The third-order valence-electron chi connectivity index (χ3n) is 6.15. The number of hydrogen-bond acceptors (Lipinski definition) is 7. The van der Waals surface area contributed by atoms with Crippen LogP contribution in [-0.2, 0) is 0 Å². The molecule has 3 aliphatic rings. The van der Waals surface area contributed by atoms with Crippen LogP contribution in [0.1, 0.15) is 63.9 Å². The van der Waals surface area contributed by atoms with E-state index in [2.05, 4.69) is 36.9 Å². The first-order chi connectivity index (χ1) is 14.8. The predicted molar refractivity (Wildman–Crippen MR) is 127 cm³/mol. The molecule has 2 aliphatic carbocycles. The predicted octanol–water partition coefficient (Wildman–Crippen LogP) is 4.10. The summed E-state index contributed by atoms with van der Waals surface area (Å²) in [6.45, 7) is 0. The van der Waals surface area contributed by atoms with E-state index in [-0.39, 0.29) is 23.5 Å². The quantitative estimate of drug-likeness (QED) is 0.478. The number of hydrogen-bond donors (Lipinski definition) is 2. The molecule has 0 unspecified atom stereocenters. The van der Waals surface area contributed by atoms with Gasteiger partial charge in [0, 0.05) is 20.1 Å². The van der Waals surface area contributed by atoms with E-state index in [0.717, 1.165) is 32.1 Å². The van der Waals surface area contributed by atoms with Crippen LogP contribution in [0.3, 0.4) is 0 Å². The Kier molecular flexibility index (Phi) is 4.78. The zero-order valence-electron chi connectivity index (χ0n) is 16.5. The van der Waals surface area contributed by atoms with Gasteiger partial charge in [0.1, 0.15) is 5.66 Å². The first-order valence-corrected chi connectivity index (χ1v) is 11.6. The average Bonchev–Trinajstić information content (AvgIpc) is 2.73. The zero-order valence-corrected chi connectivity index (χ0v) is 19.7. The minimum atomic E-state index is -0.738. The summed E-state index contributed by atoms with van der Waals surface area (Å²) in [5.41, 5.74) is 13.6. The van der Waals surface area contributed by atoms with Crippen LogP contribution < -0.4 is 16.4 Å². The van der Waals surface area contributed by atoms with Gasteiger partial charge in [0.15, 0.2) is 11.6 Å². The second kappa shape index (κ2) is 7.27. The molecule has 1 saturated carbocycles. The van der Waals surface area contributed by atoms with Gasteiger partial charge < -0.3 is 11.5 Å². The number of aliphatic imine (C=N–C) groups is 2. The first-order valence-electron chi connectivity index (χ1n) is 10.0. The lowest BCUT2D eigenvalue weighted by Gasteiger charge is -2.46. The van der Waals surface area contributed by atoms with Crippen LogP contribution in [0.2, 0.25) is 0 Å². The summed E-state index contributed by atoms with van der Waals surface area (Å²) in [6.07, 6.45) is 4.44. The van der Waals surface area contributed by atoms with Crippen LogP contribution in [0, 0.1) is 0 Å². The van der Waals surface area contributed by atoms with E-state index in [1.165, 1.54) is 0 Å². The monoisotopic (exact) mass is 543 g/mol. The molecule has 9 heteroatoms. The SMILES string of the molecule is NC1=NC2(CCCCC2)N(c2c(Br)cc(Br)c3c2C(=O)c2ccccc2C3=O)C(N)=N1. The van der Waals surface area contributed by atoms with E-state index in [0.29, 0.717) is 36.9 Å². The number of nitrogens with two attached hydrogens (primary N) is 2. The van der Waals surface area contributed by atoms with Crippen molar-refractivity contribution < 1.29 is 9.59 Å². The van der Waals surface area contributed by atoms with Gasteiger partial charge in [-0.3, -0.25) is 14.5 Å². The highest BCUT2D eigenvalue weighted by Crippen LogP contribution is 2.47. The van der Waals surface area contributed by atoms with E-state index in [1.807, 2.05) is 0 Å². The summed E-state index contributed by atoms with van der Waals surface area (Å²) in [6, 6.07) is 8.64. The molecule has 1 spiro atoms. The maximum atomic E-state index is 13.7. The number of carbonyl (C=O) groups excluding carboxylic acids is 2. The van der Waals surface area contributed by atoms with Crippen molar-refractivity contribution in [2.45, 2.75) is 37.8 Å². The second-order valence-corrected chi connectivity index (χ2v) is 9.67. The van der Waals surface area contributed by atoms with Crippen molar-refractivity contribution in [2.24, 2.45) is 21.5 Å². The lowest BCUT2D eigenvalue weighted by atomic mass is 9.81. The Morgan fingerprint density at radius 3 is 2.16 bits per heavy atom. The third-order valence-corrected chi connectivity index (χ3v) is 7.38. The molecule has 2 aromatic carbocycles. The van der Waals surface area contributed by atoms with Crippen LogP contribution in [0.5, 0.6) is 0 Å². The van der Waals surface area contributed by atoms with Crippen molar-refractivity contribution in [1.29, 1.82) is 0 Å². The van der Waals surface area contributed by atoms with Crippen LogP contribution in [-0.4, -0.2) is 29.1 Å². The molecular formula is C22H19Br2N5O2. The number of benzene rings is 2. The molecule has 0 radical (unpaired) electrons. The molecular weight excluding hydrogens is 526 g/mol. The maximum Gasteiger partial charge on any atom is 0.220 e. The number of guanidine groups is 2.